The highest BCUT2D eigenvalue weighted by Crippen LogP contribution is 2.32. The molecule has 162 valence electrons. The number of nitrogens with zero attached hydrogens (tertiary/aromatic N) is 2. The van der Waals surface area contributed by atoms with Crippen LogP contribution in [0.15, 0.2) is 47.4 Å². The van der Waals surface area contributed by atoms with E-state index in [0.717, 1.165) is 38.0 Å². The molecule has 0 atom stereocenters. The van der Waals surface area contributed by atoms with Crippen LogP contribution < -0.4 is 10.2 Å². The largest absolute Gasteiger partial charge is 0.379 e. The lowest BCUT2D eigenvalue weighted by atomic mass is 10.2. The number of benzene rings is 2. The van der Waals surface area contributed by atoms with Crippen LogP contribution in [0.4, 0.5) is 15.8 Å². The fraction of sp³-hybridized carbons (Fsp3) is 0.455. The molecule has 2 aromatic carbocycles. The maximum Gasteiger partial charge on any atom is 0.243 e. The number of halogens is 1. The highest BCUT2D eigenvalue weighted by atomic mass is 32.2. The molecule has 30 heavy (non-hydrogen) atoms. The molecule has 2 aliphatic rings. The summed E-state index contributed by atoms with van der Waals surface area (Å²) in [6.07, 6.45) is 2.85. The van der Waals surface area contributed by atoms with Crippen LogP contribution in [0.2, 0.25) is 0 Å². The van der Waals surface area contributed by atoms with Gasteiger partial charge in [-0.2, -0.15) is 4.31 Å². The van der Waals surface area contributed by atoms with E-state index in [4.69, 9.17) is 4.74 Å². The summed E-state index contributed by atoms with van der Waals surface area (Å²) in [5.74, 6) is -0.282. The van der Waals surface area contributed by atoms with Gasteiger partial charge in [0.05, 0.1) is 29.5 Å². The third-order valence-electron chi connectivity index (χ3n) is 5.70. The zero-order valence-electron chi connectivity index (χ0n) is 17.0. The van der Waals surface area contributed by atoms with Gasteiger partial charge in [0.25, 0.3) is 0 Å². The average Bonchev–Trinajstić information content (AvgIpc) is 2.79. The average molecular weight is 434 g/mol. The van der Waals surface area contributed by atoms with Gasteiger partial charge in [0.15, 0.2) is 0 Å². The minimum absolute atomic E-state index is 0.275. The standard InChI is InChI=1S/C22H28FN3O3S/c23-20-7-3-2-6-18(20)17-24-21-16-19(30(27,28)26-10-4-1-5-11-26)8-9-22(21)25-12-14-29-15-13-25/h2-3,6-9,16,24H,1,4-5,10-15,17H2. The van der Waals surface area contributed by atoms with Crippen molar-refractivity contribution in [3.63, 3.8) is 0 Å². The number of rotatable bonds is 6. The Morgan fingerprint density at radius 1 is 0.967 bits per heavy atom. The van der Waals surface area contributed by atoms with Crippen LogP contribution in [0.25, 0.3) is 0 Å². The number of hydrogen-bond acceptors (Lipinski definition) is 5. The number of sulfonamides is 1. The van der Waals surface area contributed by atoms with E-state index in [-0.39, 0.29) is 17.3 Å². The summed E-state index contributed by atoms with van der Waals surface area (Å²) in [6, 6.07) is 11.8. The molecule has 2 saturated heterocycles. The third kappa shape index (κ3) is 4.61. The maximum absolute atomic E-state index is 14.1. The topological polar surface area (TPSA) is 61.9 Å². The van der Waals surface area contributed by atoms with E-state index in [1.807, 2.05) is 6.07 Å². The zero-order valence-corrected chi connectivity index (χ0v) is 17.8. The van der Waals surface area contributed by atoms with Gasteiger partial charge < -0.3 is 15.0 Å². The van der Waals surface area contributed by atoms with Gasteiger partial charge in [-0.15, -0.1) is 0 Å². The molecule has 2 fully saturated rings. The lowest BCUT2D eigenvalue weighted by Crippen LogP contribution is -2.37. The Labute approximate surface area is 177 Å². The Kier molecular flexibility index (Phi) is 6.55. The van der Waals surface area contributed by atoms with Gasteiger partial charge in [0.1, 0.15) is 5.82 Å². The van der Waals surface area contributed by atoms with Gasteiger partial charge >= 0.3 is 0 Å². The summed E-state index contributed by atoms with van der Waals surface area (Å²) in [4.78, 5) is 2.45. The Morgan fingerprint density at radius 3 is 2.43 bits per heavy atom. The van der Waals surface area contributed by atoms with Crippen molar-refractivity contribution in [2.75, 3.05) is 49.6 Å². The number of morpholine rings is 1. The lowest BCUT2D eigenvalue weighted by Gasteiger charge is -2.31. The van der Waals surface area contributed by atoms with Crippen molar-refractivity contribution in [3.05, 3.63) is 53.8 Å². The molecule has 0 unspecified atom stereocenters. The first-order valence-corrected chi connectivity index (χ1v) is 11.9. The monoisotopic (exact) mass is 433 g/mol. The van der Waals surface area contributed by atoms with Gasteiger partial charge in [0.2, 0.25) is 10.0 Å². The number of anilines is 2. The first-order valence-electron chi connectivity index (χ1n) is 10.5. The smallest absolute Gasteiger partial charge is 0.243 e. The lowest BCUT2D eigenvalue weighted by molar-refractivity contribution is 0.123. The first-order chi connectivity index (χ1) is 14.6. The van der Waals surface area contributed by atoms with Crippen molar-refractivity contribution in [1.82, 2.24) is 4.31 Å². The van der Waals surface area contributed by atoms with Crippen LogP contribution in [0.5, 0.6) is 0 Å². The molecule has 6 nitrogen and oxygen atoms in total. The van der Waals surface area contributed by atoms with Crippen LogP contribution in [-0.4, -0.2) is 52.1 Å². The molecule has 2 aliphatic heterocycles. The van der Waals surface area contributed by atoms with E-state index in [1.165, 1.54) is 6.07 Å². The van der Waals surface area contributed by atoms with E-state index in [0.29, 0.717) is 37.6 Å². The molecule has 0 radical (unpaired) electrons. The van der Waals surface area contributed by atoms with E-state index >= 15 is 0 Å². The highest BCUT2D eigenvalue weighted by Gasteiger charge is 2.27. The summed E-state index contributed by atoms with van der Waals surface area (Å²) in [7, 11) is -3.55. The van der Waals surface area contributed by atoms with Crippen LogP contribution in [0.1, 0.15) is 24.8 Å². The summed E-state index contributed by atoms with van der Waals surface area (Å²) in [6.45, 7) is 4.11. The molecule has 0 saturated carbocycles. The second kappa shape index (κ2) is 9.32. The summed E-state index contributed by atoms with van der Waals surface area (Å²) >= 11 is 0. The predicted octanol–water partition coefficient (Wildman–Crippen LogP) is 3.45. The van der Waals surface area contributed by atoms with Gasteiger partial charge in [-0.3, -0.25) is 0 Å². The Balaban J connectivity index is 1.64. The molecular weight excluding hydrogens is 405 g/mol. The molecule has 2 heterocycles. The molecule has 0 bridgehead atoms. The molecule has 8 heteroatoms. The fourth-order valence-electron chi connectivity index (χ4n) is 3.98. The Bertz CT molecular complexity index is 971. The maximum atomic E-state index is 14.1. The summed E-state index contributed by atoms with van der Waals surface area (Å²) < 4.78 is 47.4. The van der Waals surface area contributed by atoms with Gasteiger partial charge in [0, 0.05) is 38.3 Å². The Hall–Kier alpha value is -2.16. The minimum atomic E-state index is -3.55. The minimum Gasteiger partial charge on any atom is -0.379 e. The van der Waals surface area contributed by atoms with Crippen molar-refractivity contribution in [2.24, 2.45) is 0 Å². The van der Waals surface area contributed by atoms with Gasteiger partial charge in [-0.05, 0) is 37.1 Å². The Morgan fingerprint density at radius 2 is 1.70 bits per heavy atom. The van der Waals surface area contributed by atoms with E-state index in [2.05, 4.69) is 10.2 Å². The van der Waals surface area contributed by atoms with Crippen molar-refractivity contribution in [3.8, 4) is 0 Å². The first kappa shape index (κ1) is 21.1. The van der Waals surface area contributed by atoms with Crippen LogP contribution >= 0.6 is 0 Å². The number of nitrogens with one attached hydrogen (secondary N) is 1. The second-order valence-corrected chi connectivity index (χ2v) is 9.63. The van der Waals surface area contributed by atoms with E-state index in [9.17, 15) is 12.8 Å². The summed E-state index contributed by atoms with van der Waals surface area (Å²) in [5, 5.41) is 3.28. The molecule has 1 N–H and O–H groups in total. The SMILES string of the molecule is O=S(=O)(c1ccc(N2CCOCC2)c(NCc2ccccc2F)c1)N1CCCCC1. The number of piperidine rings is 1. The van der Waals surface area contributed by atoms with Gasteiger partial charge in [-0.25, -0.2) is 12.8 Å². The molecular formula is C22H28FN3O3S. The van der Waals surface area contributed by atoms with Crippen molar-refractivity contribution in [2.45, 2.75) is 30.7 Å². The normalized spacial score (nSPS) is 18.4. The van der Waals surface area contributed by atoms with Crippen molar-refractivity contribution in [1.29, 1.82) is 0 Å². The molecule has 0 aliphatic carbocycles. The van der Waals surface area contributed by atoms with Crippen molar-refractivity contribution < 1.29 is 17.5 Å². The van der Waals surface area contributed by atoms with Crippen LogP contribution in [0, 0.1) is 5.82 Å². The summed E-state index contributed by atoms with van der Waals surface area (Å²) in [5.41, 5.74) is 2.14. The fourth-order valence-corrected chi connectivity index (χ4v) is 5.53. The van der Waals surface area contributed by atoms with E-state index in [1.54, 1.807) is 34.6 Å². The zero-order chi connectivity index (χ0) is 21.0. The van der Waals surface area contributed by atoms with Crippen LogP contribution in [-0.2, 0) is 21.3 Å². The number of ether oxygens (including phenoxy) is 1. The molecule has 0 amide bonds. The highest BCUT2D eigenvalue weighted by molar-refractivity contribution is 7.89. The van der Waals surface area contributed by atoms with E-state index < -0.39 is 10.0 Å². The quantitative estimate of drug-likeness (QED) is 0.756. The molecule has 2 aromatic rings. The number of hydrogen-bond donors (Lipinski definition) is 1. The molecule has 0 aromatic heterocycles. The predicted molar refractivity (Wildman–Crippen MR) is 116 cm³/mol. The van der Waals surface area contributed by atoms with Gasteiger partial charge in [-0.1, -0.05) is 24.6 Å². The molecule has 4 rings (SSSR count). The molecule has 0 spiro atoms. The third-order valence-corrected chi connectivity index (χ3v) is 7.59. The van der Waals surface area contributed by atoms with Crippen LogP contribution in [0.3, 0.4) is 0 Å². The second-order valence-electron chi connectivity index (χ2n) is 7.69. The van der Waals surface area contributed by atoms with Crippen molar-refractivity contribution >= 4 is 21.4 Å².